The lowest BCUT2D eigenvalue weighted by atomic mass is 9.96. The minimum Gasteiger partial charge on any atom is -0.315 e. The molecule has 0 aliphatic carbocycles. The van der Waals surface area contributed by atoms with Crippen LogP contribution in [-0.2, 0) is 17.1 Å². The molecule has 2 unspecified atom stereocenters. The number of halogens is 1. The largest absolute Gasteiger partial charge is 0.315 e. The van der Waals surface area contributed by atoms with Crippen LogP contribution in [0.5, 0.6) is 0 Å². The van der Waals surface area contributed by atoms with Crippen molar-refractivity contribution >= 4 is 22.4 Å². The molecular weight excluding hydrogens is 278 g/mol. The molecule has 1 fully saturated rings. The minimum atomic E-state index is -3.53. The molecule has 2 N–H and O–H groups in total. The van der Waals surface area contributed by atoms with E-state index in [1.165, 1.54) is 10.9 Å². The lowest BCUT2D eigenvalue weighted by Crippen LogP contribution is -2.50. The van der Waals surface area contributed by atoms with Crippen molar-refractivity contribution in [1.29, 1.82) is 0 Å². The first kappa shape index (κ1) is 15.4. The van der Waals surface area contributed by atoms with E-state index in [1.807, 2.05) is 0 Å². The summed E-state index contributed by atoms with van der Waals surface area (Å²) in [5, 5.41) is 10.5. The van der Waals surface area contributed by atoms with Gasteiger partial charge in [-0.25, -0.2) is 17.8 Å². The SMILES string of the molecule is CC1CCNCC1NS(=O)(=O)c1cnnn1C.Cl. The molecule has 1 aromatic rings. The monoisotopic (exact) mass is 295 g/mol. The van der Waals surface area contributed by atoms with Crippen LogP contribution >= 0.6 is 12.4 Å². The highest BCUT2D eigenvalue weighted by Crippen LogP contribution is 2.14. The zero-order valence-electron chi connectivity index (χ0n) is 10.3. The number of hydrogen-bond acceptors (Lipinski definition) is 5. The second kappa shape index (κ2) is 5.96. The van der Waals surface area contributed by atoms with E-state index in [0.29, 0.717) is 12.5 Å². The van der Waals surface area contributed by atoms with Gasteiger partial charge >= 0.3 is 0 Å². The average molecular weight is 296 g/mol. The number of aromatic nitrogens is 3. The van der Waals surface area contributed by atoms with Crippen LogP contribution in [0.3, 0.4) is 0 Å². The number of piperidine rings is 1. The molecule has 1 aliphatic heterocycles. The molecule has 104 valence electrons. The summed E-state index contributed by atoms with van der Waals surface area (Å²) in [6.07, 6.45) is 2.22. The van der Waals surface area contributed by atoms with Gasteiger partial charge in [-0.3, -0.25) is 0 Å². The number of sulfonamides is 1. The van der Waals surface area contributed by atoms with Gasteiger partial charge in [-0.15, -0.1) is 17.5 Å². The molecule has 1 saturated heterocycles. The molecule has 18 heavy (non-hydrogen) atoms. The predicted octanol–water partition coefficient (Wildman–Crippen LogP) is -0.487. The maximum atomic E-state index is 12.1. The van der Waals surface area contributed by atoms with Crippen LogP contribution in [-0.4, -0.2) is 42.5 Å². The molecule has 1 aliphatic rings. The van der Waals surface area contributed by atoms with Crippen LogP contribution in [0.2, 0.25) is 0 Å². The molecule has 0 radical (unpaired) electrons. The number of aryl methyl sites for hydroxylation is 1. The number of nitrogens with zero attached hydrogens (tertiary/aromatic N) is 3. The van der Waals surface area contributed by atoms with Gasteiger partial charge in [0.1, 0.15) is 0 Å². The van der Waals surface area contributed by atoms with Gasteiger partial charge in [0.25, 0.3) is 10.0 Å². The third kappa shape index (κ3) is 3.19. The van der Waals surface area contributed by atoms with Crippen LogP contribution in [0.4, 0.5) is 0 Å². The van der Waals surface area contributed by atoms with Gasteiger partial charge in [-0.2, -0.15) is 0 Å². The molecule has 0 aromatic carbocycles. The topological polar surface area (TPSA) is 88.9 Å². The van der Waals surface area contributed by atoms with Gasteiger partial charge in [-0.05, 0) is 18.9 Å². The number of rotatable bonds is 3. The lowest BCUT2D eigenvalue weighted by molar-refractivity contribution is 0.326. The fraction of sp³-hybridized carbons (Fsp3) is 0.778. The summed E-state index contributed by atoms with van der Waals surface area (Å²) < 4.78 is 28.1. The first-order valence-corrected chi connectivity index (χ1v) is 7.07. The third-order valence-corrected chi connectivity index (χ3v) is 4.62. The van der Waals surface area contributed by atoms with E-state index in [9.17, 15) is 8.42 Å². The summed E-state index contributed by atoms with van der Waals surface area (Å²) in [6, 6.07) is -0.0800. The van der Waals surface area contributed by atoms with Gasteiger partial charge in [0, 0.05) is 19.6 Å². The Bertz CT molecular complexity index is 489. The van der Waals surface area contributed by atoms with Crippen molar-refractivity contribution in [1.82, 2.24) is 25.0 Å². The van der Waals surface area contributed by atoms with E-state index in [4.69, 9.17) is 0 Å². The summed E-state index contributed by atoms with van der Waals surface area (Å²) in [5.74, 6) is 0.326. The third-order valence-electron chi connectivity index (χ3n) is 3.08. The van der Waals surface area contributed by atoms with Crippen LogP contribution < -0.4 is 10.0 Å². The van der Waals surface area contributed by atoms with Crippen LogP contribution in [0.1, 0.15) is 13.3 Å². The number of nitrogens with one attached hydrogen (secondary N) is 2. The smallest absolute Gasteiger partial charge is 0.259 e. The average Bonchev–Trinajstić information content (AvgIpc) is 2.68. The number of hydrogen-bond donors (Lipinski definition) is 2. The highest BCUT2D eigenvalue weighted by atomic mass is 35.5. The Kier molecular flexibility index (Phi) is 5.09. The van der Waals surface area contributed by atoms with Gasteiger partial charge in [-0.1, -0.05) is 12.1 Å². The fourth-order valence-corrected chi connectivity index (χ4v) is 3.34. The van der Waals surface area contributed by atoms with Gasteiger partial charge in [0.15, 0.2) is 5.03 Å². The molecule has 2 atom stereocenters. The fourth-order valence-electron chi connectivity index (χ4n) is 1.93. The Balaban J connectivity index is 0.00000162. The molecule has 7 nitrogen and oxygen atoms in total. The Hall–Kier alpha value is -0.700. The Morgan fingerprint density at radius 1 is 1.56 bits per heavy atom. The van der Waals surface area contributed by atoms with Gasteiger partial charge in [0.2, 0.25) is 0 Å². The first-order chi connectivity index (χ1) is 8.00. The van der Waals surface area contributed by atoms with Crippen LogP contribution in [0, 0.1) is 5.92 Å². The van der Waals surface area contributed by atoms with Crippen LogP contribution in [0.15, 0.2) is 11.2 Å². The Labute approximate surface area is 113 Å². The highest BCUT2D eigenvalue weighted by molar-refractivity contribution is 7.89. The van der Waals surface area contributed by atoms with Crippen molar-refractivity contribution < 1.29 is 8.42 Å². The highest BCUT2D eigenvalue weighted by Gasteiger charge is 2.28. The summed E-state index contributed by atoms with van der Waals surface area (Å²) >= 11 is 0. The van der Waals surface area contributed by atoms with E-state index in [0.717, 1.165) is 13.0 Å². The maximum absolute atomic E-state index is 12.1. The lowest BCUT2D eigenvalue weighted by Gasteiger charge is -2.29. The summed E-state index contributed by atoms with van der Waals surface area (Å²) in [5.41, 5.74) is 0. The van der Waals surface area contributed by atoms with Crippen molar-refractivity contribution in [3.8, 4) is 0 Å². The Morgan fingerprint density at radius 2 is 2.28 bits per heavy atom. The minimum absolute atomic E-state index is 0. The van der Waals surface area contributed by atoms with Crippen molar-refractivity contribution in [2.24, 2.45) is 13.0 Å². The molecule has 0 saturated carbocycles. The molecule has 0 amide bonds. The van der Waals surface area contributed by atoms with Crippen LogP contribution in [0.25, 0.3) is 0 Å². The summed E-state index contributed by atoms with van der Waals surface area (Å²) in [7, 11) is -1.97. The summed E-state index contributed by atoms with van der Waals surface area (Å²) in [6.45, 7) is 3.65. The molecular formula is C9H18ClN5O2S. The van der Waals surface area contributed by atoms with Gasteiger partial charge < -0.3 is 5.32 Å². The van der Waals surface area contributed by atoms with Crippen molar-refractivity contribution in [3.63, 3.8) is 0 Å². The second-order valence-electron chi connectivity index (χ2n) is 4.39. The van der Waals surface area contributed by atoms with E-state index in [2.05, 4.69) is 27.3 Å². The molecule has 2 heterocycles. The molecule has 0 bridgehead atoms. The normalized spacial score (nSPS) is 24.6. The Morgan fingerprint density at radius 3 is 2.83 bits per heavy atom. The van der Waals surface area contributed by atoms with E-state index >= 15 is 0 Å². The van der Waals surface area contributed by atoms with E-state index in [-0.39, 0.29) is 23.5 Å². The molecule has 0 spiro atoms. The van der Waals surface area contributed by atoms with Crippen molar-refractivity contribution in [3.05, 3.63) is 6.20 Å². The van der Waals surface area contributed by atoms with Crippen molar-refractivity contribution in [2.45, 2.75) is 24.4 Å². The zero-order chi connectivity index (χ0) is 12.5. The quantitative estimate of drug-likeness (QED) is 0.786. The van der Waals surface area contributed by atoms with Crippen molar-refractivity contribution in [2.75, 3.05) is 13.1 Å². The van der Waals surface area contributed by atoms with E-state index in [1.54, 1.807) is 7.05 Å². The molecule has 2 rings (SSSR count). The maximum Gasteiger partial charge on any atom is 0.259 e. The standard InChI is InChI=1S/C9H17N5O2S.ClH/c1-7-3-4-10-5-8(7)12-17(15,16)9-6-11-13-14(9)2;/h6-8,10,12H,3-5H2,1-2H3;1H. The van der Waals surface area contributed by atoms with Gasteiger partial charge in [0.05, 0.1) is 6.20 Å². The first-order valence-electron chi connectivity index (χ1n) is 5.58. The molecule has 1 aromatic heterocycles. The summed E-state index contributed by atoms with van der Waals surface area (Å²) in [4.78, 5) is 0. The zero-order valence-corrected chi connectivity index (χ0v) is 12.0. The predicted molar refractivity (Wildman–Crippen MR) is 69.0 cm³/mol. The van der Waals surface area contributed by atoms with E-state index < -0.39 is 10.0 Å². The molecule has 9 heteroatoms. The second-order valence-corrected chi connectivity index (χ2v) is 6.05.